The van der Waals surface area contributed by atoms with Crippen LogP contribution in [-0.4, -0.2) is 16.1 Å². The molecule has 84 valence electrons. The summed E-state index contributed by atoms with van der Waals surface area (Å²) >= 11 is 0. The van der Waals surface area contributed by atoms with Crippen LogP contribution in [0.25, 0.3) is 0 Å². The molecule has 1 heterocycles. The number of aryl methyl sites for hydroxylation is 1. The van der Waals surface area contributed by atoms with E-state index in [0.717, 1.165) is 30.7 Å². The third-order valence-electron chi connectivity index (χ3n) is 3.65. The summed E-state index contributed by atoms with van der Waals surface area (Å²) in [5, 5.41) is 3.52. The largest absolute Gasteiger partial charge is 0.337 e. The van der Waals surface area contributed by atoms with Crippen molar-refractivity contribution in [2.45, 2.75) is 32.7 Å². The lowest BCUT2D eigenvalue weighted by Crippen LogP contribution is -2.25. The van der Waals surface area contributed by atoms with Gasteiger partial charge in [0.1, 0.15) is 5.82 Å². The zero-order valence-electron chi connectivity index (χ0n) is 9.74. The van der Waals surface area contributed by atoms with E-state index >= 15 is 0 Å². The number of hydrogen-bond donors (Lipinski definition) is 1. The standard InChI is InChI=1S/C12H21N3/c1-10-4-3-5-11(10)8-13-9-12-14-6-7-15(12)2/h6-7,10-11,13H,3-5,8-9H2,1-2H3. The van der Waals surface area contributed by atoms with Crippen LogP contribution in [0.15, 0.2) is 12.4 Å². The molecule has 3 nitrogen and oxygen atoms in total. The van der Waals surface area contributed by atoms with Gasteiger partial charge in [0.25, 0.3) is 0 Å². The molecule has 0 saturated heterocycles. The molecule has 1 fully saturated rings. The van der Waals surface area contributed by atoms with Crippen LogP contribution in [0, 0.1) is 11.8 Å². The summed E-state index contributed by atoms with van der Waals surface area (Å²) in [5.41, 5.74) is 0. The number of nitrogens with zero attached hydrogens (tertiary/aromatic N) is 2. The molecule has 1 aromatic heterocycles. The molecule has 2 unspecified atom stereocenters. The Balaban J connectivity index is 1.73. The summed E-state index contributed by atoms with van der Waals surface area (Å²) in [6.45, 7) is 4.42. The molecular weight excluding hydrogens is 186 g/mol. The fourth-order valence-electron chi connectivity index (χ4n) is 2.46. The highest BCUT2D eigenvalue weighted by atomic mass is 15.1. The summed E-state index contributed by atoms with van der Waals surface area (Å²) in [4.78, 5) is 4.30. The summed E-state index contributed by atoms with van der Waals surface area (Å²) in [6, 6.07) is 0. The average Bonchev–Trinajstić information content (AvgIpc) is 2.78. The van der Waals surface area contributed by atoms with Gasteiger partial charge < -0.3 is 9.88 Å². The van der Waals surface area contributed by atoms with Gasteiger partial charge in [0, 0.05) is 19.4 Å². The minimum atomic E-state index is 0.880. The SMILES string of the molecule is CC1CCCC1CNCc1nccn1C. The average molecular weight is 207 g/mol. The first kappa shape index (κ1) is 10.7. The fourth-order valence-corrected chi connectivity index (χ4v) is 2.46. The van der Waals surface area contributed by atoms with Gasteiger partial charge >= 0.3 is 0 Å². The molecule has 3 heteroatoms. The first-order valence-corrected chi connectivity index (χ1v) is 5.94. The zero-order valence-corrected chi connectivity index (χ0v) is 9.74. The van der Waals surface area contributed by atoms with Crippen molar-refractivity contribution in [3.05, 3.63) is 18.2 Å². The first-order valence-electron chi connectivity index (χ1n) is 5.94. The van der Waals surface area contributed by atoms with Crippen LogP contribution in [0.1, 0.15) is 32.0 Å². The van der Waals surface area contributed by atoms with Crippen LogP contribution in [0.5, 0.6) is 0 Å². The van der Waals surface area contributed by atoms with E-state index in [1.807, 2.05) is 19.4 Å². The maximum atomic E-state index is 4.30. The van der Waals surface area contributed by atoms with Gasteiger partial charge in [-0.1, -0.05) is 19.8 Å². The van der Waals surface area contributed by atoms with Gasteiger partial charge in [-0.25, -0.2) is 4.98 Å². The van der Waals surface area contributed by atoms with Crippen LogP contribution >= 0.6 is 0 Å². The van der Waals surface area contributed by atoms with Crippen molar-refractivity contribution in [1.82, 2.24) is 14.9 Å². The third-order valence-corrected chi connectivity index (χ3v) is 3.65. The van der Waals surface area contributed by atoms with Crippen LogP contribution in [0.4, 0.5) is 0 Å². The van der Waals surface area contributed by atoms with Gasteiger partial charge in [0.15, 0.2) is 0 Å². The molecule has 1 aliphatic carbocycles. The lowest BCUT2D eigenvalue weighted by molar-refractivity contribution is 0.389. The molecule has 1 aliphatic rings. The highest BCUT2D eigenvalue weighted by Crippen LogP contribution is 2.30. The van der Waals surface area contributed by atoms with E-state index in [-0.39, 0.29) is 0 Å². The highest BCUT2D eigenvalue weighted by molar-refractivity contribution is 4.90. The minimum absolute atomic E-state index is 0.880. The molecule has 0 aromatic carbocycles. The van der Waals surface area contributed by atoms with Crippen molar-refractivity contribution in [3.63, 3.8) is 0 Å². The molecular formula is C12H21N3. The minimum Gasteiger partial charge on any atom is -0.337 e. The van der Waals surface area contributed by atoms with Crippen molar-refractivity contribution in [1.29, 1.82) is 0 Å². The Hall–Kier alpha value is -0.830. The van der Waals surface area contributed by atoms with E-state index < -0.39 is 0 Å². The smallest absolute Gasteiger partial charge is 0.122 e. The van der Waals surface area contributed by atoms with Gasteiger partial charge in [-0.15, -0.1) is 0 Å². The Morgan fingerprint density at radius 2 is 2.40 bits per heavy atom. The van der Waals surface area contributed by atoms with Gasteiger partial charge in [-0.2, -0.15) is 0 Å². The number of hydrogen-bond acceptors (Lipinski definition) is 2. The summed E-state index contributed by atoms with van der Waals surface area (Å²) in [6.07, 6.45) is 8.07. The van der Waals surface area contributed by atoms with Crippen molar-refractivity contribution in [2.75, 3.05) is 6.54 Å². The fraction of sp³-hybridized carbons (Fsp3) is 0.750. The summed E-state index contributed by atoms with van der Waals surface area (Å²) in [7, 11) is 2.04. The molecule has 0 spiro atoms. The van der Waals surface area contributed by atoms with Crippen molar-refractivity contribution >= 4 is 0 Å². The van der Waals surface area contributed by atoms with Crippen LogP contribution in [0.3, 0.4) is 0 Å². The summed E-state index contributed by atoms with van der Waals surface area (Å²) in [5.74, 6) is 2.91. The van der Waals surface area contributed by atoms with Gasteiger partial charge in [0.05, 0.1) is 6.54 Å². The van der Waals surface area contributed by atoms with Crippen molar-refractivity contribution in [3.8, 4) is 0 Å². The number of aromatic nitrogens is 2. The predicted octanol–water partition coefficient (Wildman–Crippen LogP) is 1.95. The first-order chi connectivity index (χ1) is 7.27. The molecule has 0 bridgehead atoms. The lowest BCUT2D eigenvalue weighted by Gasteiger charge is -2.15. The normalized spacial score (nSPS) is 26.0. The van der Waals surface area contributed by atoms with E-state index in [2.05, 4.69) is 21.8 Å². The molecule has 2 atom stereocenters. The second-order valence-electron chi connectivity index (χ2n) is 4.75. The van der Waals surface area contributed by atoms with E-state index in [1.54, 1.807) is 0 Å². The Morgan fingerprint density at radius 1 is 1.53 bits per heavy atom. The quantitative estimate of drug-likeness (QED) is 0.817. The van der Waals surface area contributed by atoms with Gasteiger partial charge in [-0.05, 0) is 24.8 Å². The molecule has 2 rings (SSSR count). The molecule has 1 aromatic rings. The third kappa shape index (κ3) is 2.59. The van der Waals surface area contributed by atoms with Crippen LogP contribution in [0.2, 0.25) is 0 Å². The van der Waals surface area contributed by atoms with Gasteiger partial charge in [0.2, 0.25) is 0 Å². The Kier molecular flexibility index (Phi) is 3.41. The van der Waals surface area contributed by atoms with Crippen LogP contribution in [-0.2, 0) is 13.6 Å². The second-order valence-corrected chi connectivity index (χ2v) is 4.75. The summed E-state index contributed by atoms with van der Waals surface area (Å²) < 4.78 is 2.07. The van der Waals surface area contributed by atoms with E-state index in [4.69, 9.17) is 0 Å². The molecule has 0 radical (unpaired) electrons. The number of imidazole rings is 1. The number of rotatable bonds is 4. The molecule has 1 saturated carbocycles. The Labute approximate surface area is 91.9 Å². The number of nitrogens with one attached hydrogen (secondary N) is 1. The lowest BCUT2D eigenvalue weighted by atomic mass is 9.98. The zero-order chi connectivity index (χ0) is 10.7. The van der Waals surface area contributed by atoms with Crippen molar-refractivity contribution in [2.24, 2.45) is 18.9 Å². The highest BCUT2D eigenvalue weighted by Gasteiger charge is 2.22. The van der Waals surface area contributed by atoms with Crippen molar-refractivity contribution < 1.29 is 0 Å². The molecule has 0 aliphatic heterocycles. The van der Waals surface area contributed by atoms with Gasteiger partial charge in [-0.3, -0.25) is 0 Å². The molecule has 0 amide bonds. The Bertz CT molecular complexity index is 306. The maximum Gasteiger partial charge on any atom is 0.122 e. The maximum absolute atomic E-state index is 4.30. The van der Waals surface area contributed by atoms with E-state index in [9.17, 15) is 0 Å². The van der Waals surface area contributed by atoms with E-state index in [0.29, 0.717) is 0 Å². The monoisotopic (exact) mass is 207 g/mol. The second kappa shape index (κ2) is 4.79. The molecule has 15 heavy (non-hydrogen) atoms. The van der Waals surface area contributed by atoms with Crippen LogP contribution < -0.4 is 5.32 Å². The topological polar surface area (TPSA) is 29.9 Å². The predicted molar refractivity (Wildman–Crippen MR) is 61.4 cm³/mol. The van der Waals surface area contributed by atoms with E-state index in [1.165, 1.54) is 19.3 Å². The Morgan fingerprint density at radius 3 is 3.00 bits per heavy atom. The molecule has 1 N–H and O–H groups in total.